The molecule has 0 bridgehead atoms. The van der Waals surface area contributed by atoms with Gasteiger partial charge in [0, 0.05) is 29.3 Å². The minimum absolute atomic E-state index is 0.122. The van der Waals surface area contributed by atoms with Gasteiger partial charge in [0.15, 0.2) is 0 Å². The Morgan fingerprint density at radius 3 is 2.56 bits per heavy atom. The normalized spacial score (nSPS) is 11.4. The molecule has 0 aliphatic carbocycles. The molecule has 0 atom stereocenters. The lowest BCUT2D eigenvalue weighted by Crippen LogP contribution is -2.49. The van der Waals surface area contributed by atoms with E-state index in [1.165, 1.54) is 13.8 Å². The average Bonchev–Trinajstić information content (AvgIpc) is 3.25. The molecule has 1 aromatic heterocycles. The third-order valence-electron chi connectivity index (χ3n) is 5.50. The summed E-state index contributed by atoms with van der Waals surface area (Å²) in [7, 11) is 0. The third kappa shape index (κ3) is 5.05. The van der Waals surface area contributed by atoms with Crippen molar-refractivity contribution < 1.29 is 19.4 Å². The van der Waals surface area contributed by atoms with Gasteiger partial charge in [-0.3, -0.25) is 4.79 Å². The number of imidazole rings is 1. The molecule has 3 aromatic carbocycles. The van der Waals surface area contributed by atoms with Crippen molar-refractivity contribution in [2.24, 2.45) is 0 Å². The molecule has 34 heavy (non-hydrogen) atoms. The number of nitrogens with zero attached hydrogens (tertiary/aromatic N) is 2. The summed E-state index contributed by atoms with van der Waals surface area (Å²) >= 11 is 5.98. The molecule has 0 unspecified atom stereocenters. The van der Waals surface area contributed by atoms with Crippen molar-refractivity contribution in [1.82, 2.24) is 14.9 Å². The van der Waals surface area contributed by atoms with Gasteiger partial charge in [-0.05, 0) is 43.0 Å². The molecule has 0 aliphatic rings. The maximum absolute atomic E-state index is 13.0. The maximum Gasteiger partial charge on any atom is 0.328 e. The van der Waals surface area contributed by atoms with Gasteiger partial charge in [-0.25, -0.2) is 9.78 Å². The van der Waals surface area contributed by atoms with Crippen molar-refractivity contribution in [3.63, 3.8) is 0 Å². The molecule has 2 N–H and O–H groups in total. The highest BCUT2D eigenvalue weighted by atomic mass is 35.5. The Labute approximate surface area is 202 Å². The predicted molar refractivity (Wildman–Crippen MR) is 130 cm³/mol. The van der Waals surface area contributed by atoms with Crippen molar-refractivity contribution in [2.45, 2.75) is 32.5 Å². The van der Waals surface area contributed by atoms with Crippen LogP contribution in [0.1, 0.15) is 35.6 Å². The number of ether oxygens (including phenoxy) is 1. The standard InChI is InChI=1S/C26H24ClN3O4/c1-26(2,25(32)33)29-24(31)21-12-9-18-5-3-4-6-20(18)23(21)34-16-22-28-13-14-30(22)15-17-7-10-19(27)11-8-17/h3-14H,15-16H2,1-2H3,(H,29,31)(H,32,33). The second-order valence-electron chi connectivity index (χ2n) is 8.43. The minimum Gasteiger partial charge on any atom is -0.484 e. The van der Waals surface area contributed by atoms with Gasteiger partial charge in [0.05, 0.1) is 5.56 Å². The summed E-state index contributed by atoms with van der Waals surface area (Å²) in [6.07, 6.45) is 3.56. The Bertz CT molecular complexity index is 1350. The van der Waals surface area contributed by atoms with Gasteiger partial charge >= 0.3 is 5.97 Å². The van der Waals surface area contributed by atoms with Crippen LogP contribution < -0.4 is 10.1 Å². The first-order valence-corrected chi connectivity index (χ1v) is 11.1. The second-order valence-corrected chi connectivity index (χ2v) is 8.87. The highest BCUT2D eigenvalue weighted by Crippen LogP contribution is 2.31. The van der Waals surface area contributed by atoms with E-state index >= 15 is 0 Å². The van der Waals surface area contributed by atoms with Crippen LogP contribution in [0.3, 0.4) is 0 Å². The summed E-state index contributed by atoms with van der Waals surface area (Å²) < 4.78 is 8.14. The van der Waals surface area contributed by atoms with E-state index in [1.807, 2.05) is 65.4 Å². The number of benzene rings is 3. The van der Waals surface area contributed by atoms with E-state index < -0.39 is 17.4 Å². The topological polar surface area (TPSA) is 93.5 Å². The lowest BCUT2D eigenvalue weighted by Gasteiger charge is -2.22. The molecule has 0 spiro atoms. The first-order chi connectivity index (χ1) is 16.2. The number of carboxylic acid groups (broad SMARTS) is 1. The van der Waals surface area contributed by atoms with Crippen molar-refractivity contribution in [1.29, 1.82) is 0 Å². The number of carboxylic acids is 1. The van der Waals surface area contributed by atoms with Crippen molar-refractivity contribution in [3.8, 4) is 5.75 Å². The van der Waals surface area contributed by atoms with E-state index in [0.29, 0.717) is 23.1 Å². The molecule has 0 radical (unpaired) electrons. The van der Waals surface area contributed by atoms with E-state index in [-0.39, 0.29) is 12.2 Å². The Balaban J connectivity index is 1.62. The molecule has 8 heteroatoms. The summed E-state index contributed by atoms with van der Waals surface area (Å²) in [5.41, 5.74) is -0.122. The van der Waals surface area contributed by atoms with Crippen molar-refractivity contribution in [3.05, 3.63) is 95.0 Å². The lowest BCUT2D eigenvalue weighted by molar-refractivity contribution is -0.143. The minimum atomic E-state index is -1.44. The summed E-state index contributed by atoms with van der Waals surface area (Å²) in [4.78, 5) is 29.0. The van der Waals surface area contributed by atoms with Crippen LogP contribution >= 0.6 is 11.6 Å². The Hall–Kier alpha value is -3.84. The summed E-state index contributed by atoms with van der Waals surface area (Å²) in [6, 6.07) is 18.6. The predicted octanol–water partition coefficient (Wildman–Crippen LogP) is 4.91. The molecule has 0 fully saturated rings. The fourth-order valence-corrected chi connectivity index (χ4v) is 3.66. The van der Waals surface area contributed by atoms with Gasteiger partial charge in [0.1, 0.15) is 23.7 Å². The van der Waals surface area contributed by atoms with E-state index in [1.54, 1.807) is 12.3 Å². The Morgan fingerprint density at radius 2 is 1.82 bits per heavy atom. The number of amides is 1. The van der Waals surface area contributed by atoms with E-state index in [4.69, 9.17) is 16.3 Å². The number of fused-ring (bicyclic) bond motifs is 1. The van der Waals surface area contributed by atoms with Gasteiger partial charge in [-0.15, -0.1) is 0 Å². The van der Waals surface area contributed by atoms with Crippen LogP contribution in [-0.4, -0.2) is 32.1 Å². The SMILES string of the molecule is CC(C)(NC(=O)c1ccc2ccccc2c1OCc1nccn1Cc1ccc(Cl)cc1)C(=O)O. The van der Waals surface area contributed by atoms with Crippen LogP contribution in [0.15, 0.2) is 73.1 Å². The molecule has 174 valence electrons. The van der Waals surface area contributed by atoms with Crippen LogP contribution in [0.25, 0.3) is 10.8 Å². The number of hydrogen-bond acceptors (Lipinski definition) is 4. The Morgan fingerprint density at radius 1 is 1.09 bits per heavy atom. The molecule has 4 rings (SSSR count). The highest BCUT2D eigenvalue weighted by Gasteiger charge is 2.30. The second kappa shape index (κ2) is 9.57. The number of aromatic nitrogens is 2. The van der Waals surface area contributed by atoms with Crippen LogP contribution in [-0.2, 0) is 17.9 Å². The average molecular weight is 478 g/mol. The number of hydrogen-bond donors (Lipinski definition) is 2. The van der Waals surface area contributed by atoms with E-state index in [2.05, 4.69) is 10.3 Å². The fraction of sp³-hybridized carbons (Fsp3) is 0.192. The molecular weight excluding hydrogens is 454 g/mol. The third-order valence-corrected chi connectivity index (χ3v) is 5.75. The van der Waals surface area contributed by atoms with Crippen molar-refractivity contribution >= 4 is 34.2 Å². The molecule has 1 amide bonds. The van der Waals surface area contributed by atoms with Gasteiger partial charge in [-0.1, -0.05) is 54.1 Å². The van der Waals surface area contributed by atoms with Gasteiger partial charge < -0.3 is 19.7 Å². The monoisotopic (exact) mass is 477 g/mol. The van der Waals surface area contributed by atoms with Gasteiger partial charge in [-0.2, -0.15) is 0 Å². The fourth-order valence-electron chi connectivity index (χ4n) is 3.53. The maximum atomic E-state index is 13.0. The molecule has 0 saturated heterocycles. The number of aliphatic carboxylic acids is 1. The molecule has 0 saturated carbocycles. The van der Waals surface area contributed by atoms with Crippen LogP contribution in [0.2, 0.25) is 5.02 Å². The quantitative estimate of drug-likeness (QED) is 0.376. The number of carbonyl (C=O) groups excluding carboxylic acids is 1. The molecular formula is C26H24ClN3O4. The van der Waals surface area contributed by atoms with Crippen molar-refractivity contribution in [2.75, 3.05) is 0 Å². The number of nitrogens with one attached hydrogen (secondary N) is 1. The summed E-state index contributed by atoms with van der Waals surface area (Å²) in [5.74, 6) is -0.607. The molecule has 0 aliphatic heterocycles. The van der Waals surface area contributed by atoms with Gasteiger partial charge in [0.25, 0.3) is 5.91 Å². The van der Waals surface area contributed by atoms with E-state index in [0.717, 1.165) is 16.3 Å². The van der Waals surface area contributed by atoms with Crippen LogP contribution in [0.4, 0.5) is 0 Å². The zero-order chi connectivity index (χ0) is 24.3. The summed E-state index contributed by atoms with van der Waals surface area (Å²) in [5, 5.41) is 14.3. The molecule has 1 heterocycles. The zero-order valence-electron chi connectivity index (χ0n) is 18.8. The van der Waals surface area contributed by atoms with Crippen LogP contribution in [0.5, 0.6) is 5.75 Å². The number of halogens is 1. The van der Waals surface area contributed by atoms with Crippen LogP contribution in [0, 0.1) is 0 Å². The first kappa shape index (κ1) is 23.3. The molecule has 4 aromatic rings. The Kier molecular flexibility index (Phi) is 6.56. The smallest absolute Gasteiger partial charge is 0.328 e. The highest BCUT2D eigenvalue weighted by molar-refractivity contribution is 6.30. The number of carbonyl (C=O) groups is 2. The first-order valence-electron chi connectivity index (χ1n) is 10.7. The molecule has 7 nitrogen and oxygen atoms in total. The van der Waals surface area contributed by atoms with Gasteiger partial charge in [0.2, 0.25) is 0 Å². The summed E-state index contributed by atoms with van der Waals surface area (Å²) in [6.45, 7) is 3.58. The zero-order valence-corrected chi connectivity index (χ0v) is 19.5. The largest absolute Gasteiger partial charge is 0.484 e. The lowest BCUT2D eigenvalue weighted by atomic mass is 10.0. The number of rotatable bonds is 8. The van der Waals surface area contributed by atoms with E-state index in [9.17, 15) is 14.7 Å².